The average Bonchev–Trinajstić information content (AvgIpc) is 0.806. The number of carboxylic acids is 2. The van der Waals surface area contributed by atoms with E-state index in [1.54, 1.807) is 30.3 Å². The fraction of sp³-hybridized carbons (Fsp3) is 0.630. The minimum Gasteiger partial charge on any atom is -0.479 e. The van der Waals surface area contributed by atoms with Crippen LogP contribution in [-0.4, -0.2) is 264 Å². The summed E-state index contributed by atoms with van der Waals surface area (Å²) in [5.74, 6) is -5.99. The molecule has 4 saturated heterocycles. The zero-order valence-corrected chi connectivity index (χ0v) is 50.8. The van der Waals surface area contributed by atoms with Gasteiger partial charge in [0.2, 0.25) is 5.91 Å². The molecule has 4 fully saturated rings. The molecule has 0 aromatic heterocycles. The number of carboxylic acid groups (broad SMARTS) is 2. The van der Waals surface area contributed by atoms with Crippen LogP contribution in [0, 0.1) is 0 Å². The number of amides is 1. The highest BCUT2D eigenvalue weighted by Crippen LogP contribution is 2.37. The number of aliphatic hydroxyl groups is 4. The molecular formula is C46H62N2O38S5. The number of aliphatic hydroxyl groups excluding tert-OH is 4. The van der Waals surface area contributed by atoms with Crippen LogP contribution in [-0.2, 0) is 126 Å². The van der Waals surface area contributed by atoms with Crippen LogP contribution in [0.1, 0.15) is 65.3 Å². The van der Waals surface area contributed by atoms with Crippen LogP contribution < -0.4 is 10.8 Å². The van der Waals surface area contributed by atoms with Crippen LogP contribution in [0.4, 0.5) is 0 Å². The third kappa shape index (κ3) is 21.4. The van der Waals surface area contributed by atoms with E-state index < -0.39 is 213 Å². The topological polar surface area (TPSA) is 606 Å². The minimum atomic E-state index is -5.94. The van der Waals surface area contributed by atoms with E-state index in [1.165, 1.54) is 24.3 Å². The maximum absolute atomic E-state index is 13.9. The Kier molecular flexibility index (Phi) is 26.5. The first-order valence-electron chi connectivity index (χ1n) is 26.3. The molecule has 1 amide bonds. The second-order valence-electron chi connectivity index (χ2n) is 20.1. The normalized spacial score (nSPS) is 32.9. The first-order valence-corrected chi connectivity index (χ1v) is 32.8. The summed E-state index contributed by atoms with van der Waals surface area (Å²) in [4.78, 5) is 65.5. The average molecular weight is 1410 g/mol. The van der Waals surface area contributed by atoms with E-state index in [0.717, 1.165) is 14.0 Å². The SMILES string of the molecule is CO[C@H]1C(C(=O)O)O[C@@H](O[C@H]2C(COS(=O)(=O)O)O[C@@H](O[C@H]3C(C(=O)O)O[C@@H](O[C@H]4C(COS(=O)(=O)O)O[C@@H](C)[C@H](NOS(=O)O)C4O)C(OS(=O)(=O)O)[C@@H]3O)[C@H](NC(=O)CCCCCC(=O)c3ccc(C(=O)c4ccccc4)cc3)C2O)C(OS(=O)(=O)O)[C@@H]1O. The largest absolute Gasteiger partial charge is 0.479 e. The molecule has 91 heavy (non-hydrogen) atoms. The molecule has 4 aliphatic heterocycles. The van der Waals surface area contributed by atoms with E-state index in [-0.39, 0.29) is 42.8 Å². The van der Waals surface area contributed by atoms with Crippen LogP contribution >= 0.6 is 0 Å². The molecule has 514 valence electrons. The molecule has 9 unspecified atom stereocenters. The Bertz CT molecular complexity index is 3330. The van der Waals surface area contributed by atoms with E-state index in [9.17, 15) is 115 Å². The summed E-state index contributed by atoms with van der Waals surface area (Å²) in [6, 6.07) is 9.97. The Hall–Kier alpha value is -4.78. The van der Waals surface area contributed by atoms with Crippen LogP contribution in [0.3, 0.4) is 0 Å². The van der Waals surface area contributed by atoms with Crippen LogP contribution in [0.5, 0.6) is 0 Å². The number of ketones is 2. The van der Waals surface area contributed by atoms with E-state index in [4.69, 9.17) is 37.9 Å². The van der Waals surface area contributed by atoms with Crippen molar-refractivity contribution in [1.29, 1.82) is 0 Å². The van der Waals surface area contributed by atoms with Gasteiger partial charge in [0.25, 0.3) is 0 Å². The number of benzene rings is 2. The molecule has 2 aromatic rings. The number of carbonyl (C=O) groups excluding carboxylic acids is 3. The van der Waals surface area contributed by atoms with Crippen molar-refractivity contribution in [3.05, 3.63) is 71.3 Å². The first kappa shape index (κ1) is 75.3. The fourth-order valence-corrected chi connectivity index (χ4v) is 11.6. The molecule has 40 nitrogen and oxygen atoms in total. The smallest absolute Gasteiger partial charge is 0.397 e. The van der Waals surface area contributed by atoms with Crippen molar-refractivity contribution in [2.24, 2.45) is 0 Å². The van der Waals surface area contributed by atoms with Crippen molar-refractivity contribution in [3.63, 3.8) is 0 Å². The Morgan fingerprint density at radius 3 is 1.47 bits per heavy atom. The molecule has 6 rings (SSSR count). The first-order chi connectivity index (χ1) is 42.4. The van der Waals surface area contributed by atoms with Crippen molar-refractivity contribution >= 4 is 82.4 Å². The van der Waals surface area contributed by atoms with Crippen molar-refractivity contribution in [2.75, 3.05) is 20.3 Å². The lowest BCUT2D eigenvalue weighted by Gasteiger charge is -2.50. The van der Waals surface area contributed by atoms with Gasteiger partial charge in [0.15, 0.2) is 54.9 Å². The number of Topliss-reactive ketones (excluding diaryl/α,β-unsaturated/α-hetero) is 1. The third-order valence-corrected chi connectivity index (χ3v) is 16.0. The number of aliphatic carboxylic acids is 2. The number of nitrogens with one attached hydrogen (secondary N) is 2. The summed E-state index contributed by atoms with van der Waals surface area (Å²) >= 11 is -3.12. The van der Waals surface area contributed by atoms with E-state index in [1.807, 2.05) is 5.48 Å². The van der Waals surface area contributed by atoms with Crippen molar-refractivity contribution < 1.29 is 174 Å². The number of hydrogen-bond acceptors (Lipinski definition) is 32. The van der Waals surface area contributed by atoms with E-state index in [0.29, 0.717) is 11.1 Å². The molecule has 45 heteroatoms. The molecule has 4 heterocycles. The quantitative estimate of drug-likeness (QED) is 0.0108. The predicted molar refractivity (Wildman–Crippen MR) is 287 cm³/mol. The number of carbonyl (C=O) groups is 5. The van der Waals surface area contributed by atoms with Crippen LogP contribution in [0.25, 0.3) is 0 Å². The van der Waals surface area contributed by atoms with Gasteiger partial charge in [-0.05, 0) is 19.8 Å². The Morgan fingerprint density at radius 1 is 0.538 bits per heavy atom. The zero-order chi connectivity index (χ0) is 67.7. The Balaban J connectivity index is 1.33. The molecule has 2 aromatic carbocycles. The standard InChI is InChI=1S/C46H62N2O38S5/c1-19-27(48-86-87(60)61)30(52)34(24(77-19)17-75-88(62,63)64)79-46-39(85-91(71,72)73)33(55)37(41(83-46)43(58)59)81-44-28(47-26(50)12-8-4-7-11-23(49)20-13-15-22(16-14-20)29(51)21-9-5-3-6-10-21)31(53)35(25(78-44)18-76-89(65,66)67)80-45-38(84-90(68,69)70)32(54)36(74-2)40(82-45)42(56)57/h3,5-6,9-10,13-16,19,24-25,27-28,30-41,44-46,48,52-55H,4,7-8,11-12,17-18H2,1-2H3,(H,47,50)(H,56,57)(H,58,59)(H,60,61)(H,62,63,64)(H,65,66,67)(H,68,69,70)(H,71,72,73)/t19-,24?,25?,27-,28+,30?,31?,32+,33+,34-,35-,36+,37+,38?,39?,40?,41?,44-,45+,46+/m0/s1. The summed E-state index contributed by atoms with van der Waals surface area (Å²) in [5, 5.41) is 69.6. The number of methoxy groups -OCH3 is 1. The van der Waals surface area contributed by atoms with Crippen molar-refractivity contribution in [3.8, 4) is 0 Å². The molecule has 0 radical (unpaired) electrons. The molecule has 4 aliphatic rings. The number of unbranched alkanes of at least 4 members (excludes halogenated alkanes) is 2. The number of ether oxygens (including phenoxy) is 8. The summed E-state index contributed by atoms with van der Waals surface area (Å²) in [7, 11) is -21.9. The zero-order valence-electron chi connectivity index (χ0n) is 46.7. The van der Waals surface area contributed by atoms with Gasteiger partial charge < -0.3 is 73.9 Å². The number of hydroxylamine groups is 1. The van der Waals surface area contributed by atoms with Gasteiger partial charge in [0.1, 0.15) is 67.1 Å². The number of hydrogen-bond donors (Lipinski definition) is 13. The summed E-state index contributed by atoms with van der Waals surface area (Å²) in [6.07, 6.45) is -45.2. The Labute approximate surface area is 518 Å². The highest BCUT2D eigenvalue weighted by atomic mass is 32.3. The van der Waals surface area contributed by atoms with Crippen molar-refractivity contribution in [1.82, 2.24) is 10.8 Å². The lowest BCUT2D eigenvalue weighted by Crippen LogP contribution is -2.70. The number of rotatable bonds is 32. The molecule has 0 bridgehead atoms. The summed E-state index contributed by atoms with van der Waals surface area (Å²) in [6.45, 7) is -1.79. The minimum absolute atomic E-state index is 0.0944. The highest BCUT2D eigenvalue weighted by molar-refractivity contribution is 7.81. The lowest BCUT2D eigenvalue weighted by molar-refractivity contribution is -0.366. The molecule has 13 N–H and O–H groups in total. The van der Waals surface area contributed by atoms with Gasteiger partial charge in [-0.3, -0.25) is 37.1 Å². The van der Waals surface area contributed by atoms with Gasteiger partial charge >= 0.3 is 64.9 Å². The second-order valence-corrected chi connectivity index (χ2v) is 25.0. The van der Waals surface area contributed by atoms with Gasteiger partial charge in [-0.25, -0.2) is 26.3 Å². The highest BCUT2D eigenvalue weighted by Gasteiger charge is 2.59. The molecule has 0 aliphatic carbocycles. The predicted octanol–water partition coefficient (Wildman–Crippen LogP) is -4.68. The fourth-order valence-electron chi connectivity index (χ4n) is 9.85. The van der Waals surface area contributed by atoms with Crippen LogP contribution in [0.15, 0.2) is 54.6 Å². The van der Waals surface area contributed by atoms with Gasteiger partial charge in [-0.2, -0.15) is 47.6 Å². The maximum atomic E-state index is 13.9. The Morgan fingerprint density at radius 2 is 0.989 bits per heavy atom. The van der Waals surface area contributed by atoms with Gasteiger partial charge in [0, 0.05) is 36.6 Å². The molecule has 21 atom stereocenters. The van der Waals surface area contributed by atoms with E-state index in [2.05, 4.69) is 26.3 Å². The maximum Gasteiger partial charge on any atom is 0.397 e. The third-order valence-electron chi connectivity index (χ3n) is 13.9. The van der Waals surface area contributed by atoms with Gasteiger partial charge in [-0.15, -0.1) is 0 Å². The lowest BCUT2D eigenvalue weighted by atomic mass is 9.93. The van der Waals surface area contributed by atoms with E-state index >= 15 is 0 Å². The summed E-state index contributed by atoms with van der Waals surface area (Å²) < 4.78 is 222. The van der Waals surface area contributed by atoms with Gasteiger partial charge in [0.05, 0.1) is 25.4 Å². The molecule has 0 spiro atoms. The molecule has 0 saturated carbocycles. The summed E-state index contributed by atoms with van der Waals surface area (Å²) in [5.41, 5.74) is 2.86. The molecular weight excluding hydrogens is 1350 g/mol. The second kappa shape index (κ2) is 32.1. The van der Waals surface area contributed by atoms with Crippen molar-refractivity contribution in [2.45, 2.75) is 162 Å². The monoisotopic (exact) mass is 1410 g/mol. The van der Waals surface area contributed by atoms with Gasteiger partial charge in [-0.1, -0.05) is 61.0 Å². The van der Waals surface area contributed by atoms with Crippen LogP contribution in [0.2, 0.25) is 0 Å².